The van der Waals surface area contributed by atoms with Crippen LogP contribution in [0.5, 0.6) is 0 Å². The van der Waals surface area contributed by atoms with Crippen LogP contribution in [0.15, 0.2) is 17.0 Å². The maximum Gasteiger partial charge on any atom is 0.241 e. The Labute approximate surface area is 136 Å². The Morgan fingerprint density at radius 1 is 1.23 bits per heavy atom. The van der Waals surface area contributed by atoms with Crippen molar-refractivity contribution < 1.29 is 13.2 Å². The van der Waals surface area contributed by atoms with E-state index in [0.29, 0.717) is 36.4 Å². The van der Waals surface area contributed by atoms with E-state index in [0.717, 1.165) is 5.56 Å². The summed E-state index contributed by atoms with van der Waals surface area (Å²) in [5.74, 6) is 0.0558. The van der Waals surface area contributed by atoms with Gasteiger partial charge >= 0.3 is 0 Å². The van der Waals surface area contributed by atoms with Crippen molar-refractivity contribution in [2.75, 3.05) is 13.6 Å². The maximum absolute atomic E-state index is 12.6. The molecule has 1 aliphatic rings. The second-order valence-electron chi connectivity index (χ2n) is 5.83. The lowest BCUT2D eigenvalue weighted by Gasteiger charge is -2.18. The Morgan fingerprint density at radius 3 is 2.59 bits per heavy atom. The second kappa shape index (κ2) is 6.56. The van der Waals surface area contributed by atoms with Crippen LogP contribution in [0.4, 0.5) is 0 Å². The van der Waals surface area contributed by atoms with E-state index in [4.69, 9.17) is 11.6 Å². The van der Waals surface area contributed by atoms with Gasteiger partial charge < -0.3 is 4.90 Å². The van der Waals surface area contributed by atoms with E-state index in [2.05, 4.69) is 4.72 Å². The smallest absolute Gasteiger partial charge is 0.241 e. The van der Waals surface area contributed by atoms with E-state index in [1.807, 2.05) is 0 Å². The molecule has 122 valence electrons. The molecule has 1 aromatic rings. The van der Waals surface area contributed by atoms with Crippen LogP contribution in [0.25, 0.3) is 0 Å². The molecule has 7 heteroatoms. The predicted octanol–water partition coefficient (Wildman–Crippen LogP) is 2.25. The van der Waals surface area contributed by atoms with E-state index in [-0.39, 0.29) is 16.8 Å². The van der Waals surface area contributed by atoms with Crippen molar-refractivity contribution in [3.63, 3.8) is 0 Å². The zero-order valence-electron chi connectivity index (χ0n) is 13.0. The number of rotatable bonds is 3. The first-order valence-electron chi connectivity index (χ1n) is 7.24. The third-order valence-corrected chi connectivity index (χ3v) is 6.08. The van der Waals surface area contributed by atoms with Crippen LogP contribution in [-0.4, -0.2) is 38.9 Å². The summed E-state index contributed by atoms with van der Waals surface area (Å²) < 4.78 is 27.9. The van der Waals surface area contributed by atoms with Crippen molar-refractivity contribution in [1.29, 1.82) is 0 Å². The molecule has 1 N–H and O–H groups in total. The first-order valence-corrected chi connectivity index (χ1v) is 9.10. The van der Waals surface area contributed by atoms with Gasteiger partial charge in [-0.1, -0.05) is 11.6 Å². The molecule has 0 aliphatic carbocycles. The van der Waals surface area contributed by atoms with Gasteiger partial charge in [0.2, 0.25) is 15.9 Å². The third kappa shape index (κ3) is 3.80. The van der Waals surface area contributed by atoms with Gasteiger partial charge in [0.25, 0.3) is 0 Å². The largest absolute Gasteiger partial charge is 0.346 e. The predicted molar refractivity (Wildman–Crippen MR) is 86.5 cm³/mol. The summed E-state index contributed by atoms with van der Waals surface area (Å²) in [6.07, 6.45) is 1.50. The summed E-state index contributed by atoms with van der Waals surface area (Å²) in [4.78, 5) is 13.6. The Balaban J connectivity index is 2.21. The fraction of sp³-hybridized carbons (Fsp3) is 0.533. The number of aryl methyl sites for hydroxylation is 2. The second-order valence-corrected chi connectivity index (χ2v) is 7.92. The van der Waals surface area contributed by atoms with Crippen molar-refractivity contribution in [3.8, 4) is 0 Å². The molecule has 22 heavy (non-hydrogen) atoms. The molecule has 1 saturated heterocycles. The number of carbonyl (C=O) groups excluding carboxylic acids is 1. The number of nitrogens with zero attached hydrogens (tertiary/aromatic N) is 1. The van der Waals surface area contributed by atoms with Crippen molar-refractivity contribution in [2.24, 2.45) is 0 Å². The van der Waals surface area contributed by atoms with Crippen LogP contribution in [0, 0.1) is 13.8 Å². The normalized spacial score (nSPS) is 20.1. The summed E-state index contributed by atoms with van der Waals surface area (Å²) >= 11 is 6.02. The number of nitrogens with one attached hydrogen (secondary N) is 1. The summed E-state index contributed by atoms with van der Waals surface area (Å²) in [7, 11) is -1.88. The minimum atomic E-state index is -3.62. The van der Waals surface area contributed by atoms with Crippen LogP contribution >= 0.6 is 11.6 Å². The average molecular weight is 345 g/mol. The molecule has 0 aromatic heterocycles. The minimum absolute atomic E-state index is 0.0558. The topological polar surface area (TPSA) is 66.5 Å². The lowest BCUT2D eigenvalue weighted by atomic mass is 10.1. The Kier molecular flexibility index (Phi) is 5.14. The molecule has 0 saturated carbocycles. The van der Waals surface area contributed by atoms with Crippen LogP contribution in [0.1, 0.15) is 30.4 Å². The number of likely N-dealkylation sites (tertiary alicyclic amines) is 1. The summed E-state index contributed by atoms with van der Waals surface area (Å²) in [5.41, 5.74) is 1.34. The highest BCUT2D eigenvalue weighted by Crippen LogP contribution is 2.24. The number of sulfonamides is 1. The fourth-order valence-electron chi connectivity index (χ4n) is 2.55. The van der Waals surface area contributed by atoms with Gasteiger partial charge in [-0.25, -0.2) is 13.1 Å². The average Bonchev–Trinajstić information content (AvgIpc) is 2.58. The molecule has 2 rings (SSSR count). The van der Waals surface area contributed by atoms with Crippen LogP contribution in [0.2, 0.25) is 5.02 Å². The Bertz CT molecular complexity index is 688. The highest BCUT2D eigenvalue weighted by Gasteiger charge is 2.26. The Morgan fingerprint density at radius 2 is 1.91 bits per heavy atom. The zero-order valence-corrected chi connectivity index (χ0v) is 14.6. The molecule has 1 amide bonds. The van der Waals surface area contributed by atoms with E-state index < -0.39 is 10.0 Å². The van der Waals surface area contributed by atoms with Gasteiger partial charge in [0.15, 0.2) is 0 Å². The van der Waals surface area contributed by atoms with E-state index in [9.17, 15) is 13.2 Å². The van der Waals surface area contributed by atoms with E-state index in [1.54, 1.807) is 37.9 Å². The van der Waals surface area contributed by atoms with Gasteiger partial charge in [-0.3, -0.25) is 4.79 Å². The molecular formula is C15H21ClN2O3S. The maximum atomic E-state index is 12.6. The first kappa shape index (κ1) is 17.2. The van der Waals surface area contributed by atoms with Crippen LogP contribution < -0.4 is 4.72 Å². The summed E-state index contributed by atoms with van der Waals surface area (Å²) in [6.45, 7) is 4.06. The Hall–Kier alpha value is -1.11. The fourth-order valence-corrected chi connectivity index (χ4v) is 4.39. The number of carbonyl (C=O) groups is 1. The number of halogens is 1. The quantitative estimate of drug-likeness (QED) is 0.914. The monoisotopic (exact) mass is 344 g/mol. The molecule has 0 bridgehead atoms. The minimum Gasteiger partial charge on any atom is -0.346 e. The summed E-state index contributed by atoms with van der Waals surface area (Å²) in [6, 6.07) is 3.03. The third-order valence-electron chi connectivity index (χ3n) is 4.01. The van der Waals surface area contributed by atoms with E-state index >= 15 is 0 Å². The molecule has 5 nitrogen and oxygen atoms in total. The molecule has 1 aromatic carbocycles. The lowest BCUT2D eigenvalue weighted by Crippen LogP contribution is -2.35. The molecule has 0 radical (unpaired) electrons. The van der Waals surface area contributed by atoms with Crippen molar-refractivity contribution in [3.05, 3.63) is 28.3 Å². The molecule has 1 fully saturated rings. The van der Waals surface area contributed by atoms with Gasteiger partial charge in [-0.15, -0.1) is 0 Å². The van der Waals surface area contributed by atoms with Gasteiger partial charge in [0, 0.05) is 31.1 Å². The van der Waals surface area contributed by atoms with Crippen LogP contribution in [0.3, 0.4) is 0 Å². The standard InChI is InChI=1S/C15H21ClN2O3S/c1-10-9-14(11(2)8-13(10)16)22(20,21)17-12-4-5-15(19)18(3)7-6-12/h8-9,12,17H,4-7H2,1-3H3. The molecule has 1 unspecified atom stereocenters. The number of amides is 1. The number of hydrogen-bond donors (Lipinski definition) is 1. The van der Waals surface area contributed by atoms with Gasteiger partial charge in [-0.05, 0) is 49.9 Å². The van der Waals surface area contributed by atoms with Crippen molar-refractivity contribution in [2.45, 2.75) is 44.0 Å². The lowest BCUT2D eigenvalue weighted by molar-refractivity contribution is -0.129. The van der Waals surface area contributed by atoms with Crippen molar-refractivity contribution in [1.82, 2.24) is 9.62 Å². The highest BCUT2D eigenvalue weighted by atomic mass is 35.5. The molecular weight excluding hydrogens is 324 g/mol. The molecule has 1 heterocycles. The molecule has 1 atom stereocenters. The van der Waals surface area contributed by atoms with Gasteiger partial charge in [0.1, 0.15) is 0 Å². The van der Waals surface area contributed by atoms with Crippen LogP contribution in [-0.2, 0) is 14.8 Å². The molecule has 1 aliphatic heterocycles. The SMILES string of the molecule is Cc1cc(S(=O)(=O)NC2CCC(=O)N(C)CC2)c(C)cc1Cl. The number of benzene rings is 1. The van der Waals surface area contributed by atoms with E-state index in [1.165, 1.54) is 0 Å². The number of hydrogen-bond acceptors (Lipinski definition) is 3. The molecule has 0 spiro atoms. The zero-order chi connectivity index (χ0) is 16.5. The summed E-state index contributed by atoms with van der Waals surface area (Å²) in [5, 5.41) is 0.554. The van der Waals surface area contributed by atoms with Gasteiger partial charge in [0.05, 0.1) is 4.90 Å². The first-order chi connectivity index (χ1) is 10.2. The van der Waals surface area contributed by atoms with Gasteiger partial charge in [-0.2, -0.15) is 0 Å². The van der Waals surface area contributed by atoms with Crippen molar-refractivity contribution >= 4 is 27.5 Å². The highest BCUT2D eigenvalue weighted by molar-refractivity contribution is 7.89.